The second-order valence-corrected chi connectivity index (χ2v) is 8.52. The Hall–Kier alpha value is -3.79. The van der Waals surface area contributed by atoms with Gasteiger partial charge in [0.25, 0.3) is 5.56 Å². The first-order chi connectivity index (χ1) is 16.2. The topological polar surface area (TPSA) is 123 Å². The first-order valence-electron chi connectivity index (χ1n) is 11.0. The van der Waals surface area contributed by atoms with Crippen molar-refractivity contribution in [1.29, 1.82) is 0 Å². The Kier molecular flexibility index (Phi) is 6.60. The third-order valence-electron chi connectivity index (χ3n) is 6.13. The molecule has 9 nitrogen and oxygen atoms in total. The Bertz CT molecular complexity index is 1310. The first-order valence-corrected chi connectivity index (χ1v) is 11.0. The van der Waals surface area contributed by atoms with Gasteiger partial charge in [0.2, 0.25) is 0 Å². The van der Waals surface area contributed by atoms with Crippen molar-refractivity contribution < 1.29 is 19.4 Å². The Labute approximate surface area is 195 Å². The number of nitrogens with zero attached hydrogens (tertiary/aromatic N) is 4. The number of azo groups is 1. The summed E-state index contributed by atoms with van der Waals surface area (Å²) in [5.74, 6) is -1.13. The molecule has 1 saturated heterocycles. The van der Waals surface area contributed by atoms with E-state index in [0.717, 1.165) is 18.4 Å². The maximum Gasteiger partial charge on any atom is 0.317 e. The number of aryl methyl sites for hydroxylation is 2. The molecule has 1 fully saturated rings. The van der Waals surface area contributed by atoms with E-state index < -0.39 is 11.5 Å². The minimum Gasteiger partial charge on any atom is -0.505 e. The van der Waals surface area contributed by atoms with Crippen LogP contribution in [0.3, 0.4) is 0 Å². The fraction of sp³-hybridized carbons (Fsp3) is 0.333. The normalized spacial score (nSPS) is 15.3. The highest BCUT2D eigenvalue weighted by Gasteiger charge is 2.24. The van der Waals surface area contributed by atoms with Crippen molar-refractivity contribution in [3.05, 3.63) is 69.4 Å². The number of aliphatic carboxylic acids is 1. The summed E-state index contributed by atoms with van der Waals surface area (Å²) in [5, 5.41) is 31.0. The highest BCUT2D eigenvalue weighted by Crippen LogP contribution is 2.39. The van der Waals surface area contributed by atoms with Crippen LogP contribution < -0.4 is 5.56 Å². The fourth-order valence-corrected chi connectivity index (χ4v) is 4.26. The van der Waals surface area contributed by atoms with Crippen LogP contribution in [0.15, 0.2) is 51.4 Å². The van der Waals surface area contributed by atoms with Crippen molar-refractivity contribution >= 4 is 17.3 Å². The molecule has 178 valence electrons. The zero-order valence-corrected chi connectivity index (χ0v) is 19.0. The van der Waals surface area contributed by atoms with Gasteiger partial charge < -0.3 is 10.2 Å². The Morgan fingerprint density at radius 2 is 1.91 bits per heavy atom. The fourth-order valence-electron chi connectivity index (χ4n) is 4.26. The summed E-state index contributed by atoms with van der Waals surface area (Å²) in [7, 11) is 0. The average molecular weight is 468 g/mol. The molecule has 4 rings (SSSR count). The van der Waals surface area contributed by atoms with Gasteiger partial charge in [0.15, 0.2) is 5.69 Å². The van der Waals surface area contributed by atoms with Crippen molar-refractivity contribution in [2.24, 2.45) is 10.2 Å². The van der Waals surface area contributed by atoms with Gasteiger partial charge in [0.1, 0.15) is 17.3 Å². The van der Waals surface area contributed by atoms with Crippen LogP contribution in [-0.2, 0) is 4.79 Å². The van der Waals surface area contributed by atoms with Gasteiger partial charge in [-0.15, -0.1) is 10.2 Å². The van der Waals surface area contributed by atoms with Gasteiger partial charge in [-0.05, 0) is 81.1 Å². The van der Waals surface area contributed by atoms with Crippen LogP contribution in [0, 0.1) is 19.7 Å². The van der Waals surface area contributed by atoms with Gasteiger partial charge in [-0.2, -0.15) is 0 Å². The summed E-state index contributed by atoms with van der Waals surface area (Å²) in [4.78, 5) is 25.7. The number of aromatic nitrogens is 2. The van der Waals surface area contributed by atoms with Gasteiger partial charge >= 0.3 is 5.97 Å². The van der Waals surface area contributed by atoms with E-state index in [-0.39, 0.29) is 35.4 Å². The number of carbonyl (C=O) groups is 1. The number of rotatable bonds is 6. The minimum absolute atomic E-state index is 0.00519. The predicted molar refractivity (Wildman–Crippen MR) is 124 cm³/mol. The molecule has 0 unspecified atom stereocenters. The van der Waals surface area contributed by atoms with Crippen LogP contribution in [-0.4, -0.2) is 50.5 Å². The molecule has 0 amide bonds. The summed E-state index contributed by atoms with van der Waals surface area (Å²) in [6.45, 7) is 4.58. The molecule has 2 heterocycles. The number of piperidine rings is 1. The third kappa shape index (κ3) is 4.76. The molecule has 1 aromatic heterocycles. The largest absolute Gasteiger partial charge is 0.505 e. The van der Waals surface area contributed by atoms with Crippen molar-refractivity contribution in [3.8, 4) is 11.4 Å². The summed E-state index contributed by atoms with van der Waals surface area (Å²) in [6.07, 6.45) is 1.44. The number of para-hydroxylation sites is 1. The monoisotopic (exact) mass is 467 g/mol. The van der Waals surface area contributed by atoms with Crippen LogP contribution in [0.2, 0.25) is 0 Å². The van der Waals surface area contributed by atoms with Crippen LogP contribution in [0.25, 0.3) is 5.69 Å². The van der Waals surface area contributed by atoms with E-state index >= 15 is 0 Å². The van der Waals surface area contributed by atoms with E-state index in [1.165, 1.54) is 16.8 Å². The molecule has 2 aromatic carbocycles. The molecule has 0 radical (unpaired) electrons. The molecule has 10 heteroatoms. The van der Waals surface area contributed by atoms with Crippen LogP contribution in [0.5, 0.6) is 5.75 Å². The van der Waals surface area contributed by atoms with Crippen LogP contribution in [0.4, 0.5) is 15.8 Å². The second kappa shape index (κ2) is 9.60. The predicted octanol–water partition coefficient (Wildman–Crippen LogP) is 4.31. The molecule has 0 spiro atoms. The molecule has 1 aliphatic rings. The van der Waals surface area contributed by atoms with Crippen molar-refractivity contribution in [2.45, 2.75) is 32.6 Å². The second-order valence-electron chi connectivity index (χ2n) is 8.52. The quantitative estimate of drug-likeness (QED) is 0.466. The van der Waals surface area contributed by atoms with Gasteiger partial charge in [-0.1, -0.05) is 12.1 Å². The van der Waals surface area contributed by atoms with Gasteiger partial charge in [-0.25, -0.2) is 9.07 Å². The standard InChI is InChI=1S/C24H26FN5O4/c1-14-12-17(6-7-19(14)25)30-24(34)22(15(2)28-30)27-26-20-5-3-4-18(23(20)33)16-8-10-29(11-9-16)13-21(31)32/h3-7,12,16,28,33H,8-11,13H2,1-2H3,(H,31,32). The molecule has 0 saturated carbocycles. The lowest BCUT2D eigenvalue weighted by Gasteiger charge is -2.31. The Morgan fingerprint density at radius 3 is 2.59 bits per heavy atom. The highest BCUT2D eigenvalue weighted by atomic mass is 19.1. The molecule has 3 N–H and O–H groups in total. The Balaban J connectivity index is 1.56. The van der Waals surface area contributed by atoms with Crippen molar-refractivity contribution in [2.75, 3.05) is 19.6 Å². The first kappa shape index (κ1) is 23.4. The zero-order chi connectivity index (χ0) is 24.4. The number of aromatic amines is 1. The molecule has 3 aromatic rings. The number of benzene rings is 2. The molecule has 0 aliphatic carbocycles. The van der Waals surface area contributed by atoms with Crippen LogP contribution in [0.1, 0.15) is 35.6 Å². The maximum atomic E-state index is 13.6. The zero-order valence-electron chi connectivity index (χ0n) is 19.0. The number of halogens is 1. The minimum atomic E-state index is -0.850. The number of nitrogens with one attached hydrogen (secondary N) is 1. The van der Waals surface area contributed by atoms with Gasteiger partial charge in [-0.3, -0.25) is 19.6 Å². The molecule has 34 heavy (non-hydrogen) atoms. The summed E-state index contributed by atoms with van der Waals surface area (Å²) >= 11 is 0. The lowest BCUT2D eigenvalue weighted by Crippen LogP contribution is -2.36. The van der Waals surface area contributed by atoms with E-state index in [4.69, 9.17) is 5.11 Å². The number of hydrogen-bond acceptors (Lipinski definition) is 6. The summed E-state index contributed by atoms with van der Waals surface area (Å²) in [5.41, 5.74) is 2.01. The van der Waals surface area contributed by atoms with E-state index in [0.29, 0.717) is 30.0 Å². The highest BCUT2D eigenvalue weighted by molar-refractivity contribution is 5.69. The average Bonchev–Trinajstić information content (AvgIpc) is 3.08. The smallest absolute Gasteiger partial charge is 0.317 e. The number of carboxylic acid groups (broad SMARTS) is 1. The van der Waals surface area contributed by atoms with E-state index in [1.807, 2.05) is 11.0 Å². The summed E-state index contributed by atoms with van der Waals surface area (Å²) < 4.78 is 14.9. The van der Waals surface area contributed by atoms with E-state index in [9.17, 15) is 19.1 Å². The molecule has 0 bridgehead atoms. The molecular formula is C24H26FN5O4. The SMILES string of the molecule is Cc1cc(-n2[nH]c(C)c(N=Nc3cccc(C4CCN(CC(=O)O)CC4)c3O)c2=O)ccc1F. The Morgan fingerprint density at radius 1 is 1.18 bits per heavy atom. The maximum absolute atomic E-state index is 13.6. The number of H-pyrrole nitrogens is 1. The van der Waals surface area contributed by atoms with E-state index in [2.05, 4.69) is 15.3 Å². The number of phenols is 1. The van der Waals surface area contributed by atoms with Crippen LogP contribution >= 0.6 is 0 Å². The molecule has 1 aliphatic heterocycles. The van der Waals surface area contributed by atoms with Crippen molar-refractivity contribution in [3.63, 3.8) is 0 Å². The van der Waals surface area contributed by atoms with Gasteiger partial charge in [0, 0.05) is 0 Å². The number of phenolic OH excluding ortho intramolecular Hbond substituents is 1. The summed E-state index contributed by atoms with van der Waals surface area (Å²) in [6, 6.07) is 9.58. The lowest BCUT2D eigenvalue weighted by atomic mass is 9.88. The van der Waals surface area contributed by atoms with E-state index in [1.54, 1.807) is 32.0 Å². The number of hydrogen-bond donors (Lipinski definition) is 3. The third-order valence-corrected chi connectivity index (χ3v) is 6.13. The lowest BCUT2D eigenvalue weighted by molar-refractivity contribution is -0.138. The number of likely N-dealkylation sites (tertiary alicyclic amines) is 1. The van der Waals surface area contributed by atoms with Gasteiger partial charge in [0.05, 0.1) is 17.9 Å². The van der Waals surface area contributed by atoms with Crippen molar-refractivity contribution in [1.82, 2.24) is 14.7 Å². The molecule has 0 atom stereocenters. The number of carboxylic acids is 1. The molecular weight excluding hydrogens is 441 g/mol. The number of aromatic hydroxyl groups is 1.